The quantitative estimate of drug-likeness (QED) is 0.613. The molecule has 5 nitrogen and oxygen atoms in total. The maximum Gasteiger partial charge on any atom is 0.266 e. The van der Waals surface area contributed by atoms with Crippen molar-refractivity contribution in [2.24, 2.45) is 0 Å². The lowest BCUT2D eigenvalue weighted by molar-refractivity contribution is -0.112. The van der Waals surface area contributed by atoms with E-state index in [2.05, 4.69) is 21.2 Å². The highest BCUT2D eigenvalue weighted by Gasteiger charge is 2.12. The summed E-state index contributed by atoms with van der Waals surface area (Å²) in [5.74, 6) is -0.311. The molecule has 0 atom stereocenters. The molecule has 1 amide bonds. The molecule has 2 aromatic rings. The van der Waals surface area contributed by atoms with E-state index in [1.54, 1.807) is 18.2 Å². The second kappa shape index (κ2) is 7.66. The first-order chi connectivity index (χ1) is 11.4. The fourth-order valence-corrected chi connectivity index (χ4v) is 2.44. The number of phenols is 1. The zero-order valence-electron chi connectivity index (χ0n) is 13.1. The summed E-state index contributed by atoms with van der Waals surface area (Å²) in [5, 5.41) is 21.7. The van der Waals surface area contributed by atoms with Crippen LogP contribution in [-0.4, -0.2) is 18.1 Å². The molecule has 0 fully saturated rings. The zero-order valence-corrected chi connectivity index (χ0v) is 14.7. The summed E-state index contributed by atoms with van der Waals surface area (Å²) in [6.07, 6.45) is 1.43. The molecule has 2 N–H and O–H groups in total. The number of nitrogens with one attached hydrogen (secondary N) is 1. The van der Waals surface area contributed by atoms with E-state index in [1.807, 2.05) is 25.1 Å². The largest absolute Gasteiger partial charge is 0.503 e. The summed E-state index contributed by atoms with van der Waals surface area (Å²) in [4.78, 5) is 12.2. The number of nitriles is 1. The number of carbonyl (C=O) groups is 1. The Kier molecular flexibility index (Phi) is 5.61. The Morgan fingerprint density at radius 1 is 1.33 bits per heavy atom. The highest BCUT2D eigenvalue weighted by molar-refractivity contribution is 9.10. The van der Waals surface area contributed by atoms with Crippen LogP contribution in [0, 0.1) is 18.3 Å². The van der Waals surface area contributed by atoms with E-state index < -0.39 is 5.91 Å². The topological polar surface area (TPSA) is 82.3 Å². The molecule has 6 heteroatoms. The molecule has 0 unspecified atom stereocenters. The molecule has 0 heterocycles. The number of benzene rings is 2. The van der Waals surface area contributed by atoms with Gasteiger partial charge in [0.15, 0.2) is 11.5 Å². The lowest BCUT2D eigenvalue weighted by Gasteiger charge is -2.08. The van der Waals surface area contributed by atoms with Crippen molar-refractivity contribution in [3.8, 4) is 17.6 Å². The summed E-state index contributed by atoms with van der Waals surface area (Å²) in [5.41, 5.74) is 2.17. The highest BCUT2D eigenvalue weighted by Crippen LogP contribution is 2.35. The van der Waals surface area contributed by atoms with Gasteiger partial charge in [-0.1, -0.05) is 17.7 Å². The fourth-order valence-electron chi connectivity index (χ4n) is 1.98. The molecule has 0 saturated heterocycles. The third-order valence-corrected chi connectivity index (χ3v) is 3.86. The van der Waals surface area contributed by atoms with Gasteiger partial charge in [0, 0.05) is 5.69 Å². The van der Waals surface area contributed by atoms with Crippen LogP contribution in [0.2, 0.25) is 0 Å². The number of hydrogen-bond donors (Lipinski definition) is 2. The molecular weight excluding hydrogens is 372 g/mol. The number of methoxy groups -OCH3 is 1. The van der Waals surface area contributed by atoms with Crippen LogP contribution < -0.4 is 10.1 Å². The minimum absolute atomic E-state index is 0.0442. The number of aryl methyl sites for hydroxylation is 1. The Balaban J connectivity index is 2.29. The molecule has 2 rings (SSSR count). The Labute approximate surface area is 148 Å². The van der Waals surface area contributed by atoms with Crippen LogP contribution in [0.3, 0.4) is 0 Å². The molecule has 0 radical (unpaired) electrons. The van der Waals surface area contributed by atoms with E-state index >= 15 is 0 Å². The SMILES string of the molecule is COc1cc(/C=C(\C#N)C(=O)Nc2ccc(C)cc2)cc(Br)c1O. The van der Waals surface area contributed by atoms with Gasteiger partial charge in [-0.15, -0.1) is 0 Å². The summed E-state index contributed by atoms with van der Waals surface area (Å²) < 4.78 is 5.46. The average Bonchev–Trinajstić information content (AvgIpc) is 2.57. The van der Waals surface area contributed by atoms with Gasteiger partial charge < -0.3 is 15.2 Å². The molecule has 0 aliphatic carbocycles. The first-order valence-electron chi connectivity index (χ1n) is 7.01. The number of carbonyl (C=O) groups excluding carboxylic acids is 1. The first-order valence-corrected chi connectivity index (χ1v) is 7.80. The van der Waals surface area contributed by atoms with Crippen LogP contribution in [-0.2, 0) is 4.79 Å². The Hall–Kier alpha value is -2.78. The standard InChI is InChI=1S/C18H15BrN2O3/c1-11-3-5-14(6-4-11)21-18(23)13(10-20)7-12-8-15(19)17(22)16(9-12)24-2/h3-9,22H,1-2H3,(H,21,23)/b13-7+. The summed E-state index contributed by atoms with van der Waals surface area (Å²) >= 11 is 3.20. The van der Waals surface area contributed by atoms with Gasteiger partial charge in [-0.05, 0) is 58.8 Å². The van der Waals surface area contributed by atoms with Gasteiger partial charge in [0.1, 0.15) is 11.6 Å². The lowest BCUT2D eigenvalue weighted by Crippen LogP contribution is -2.13. The predicted octanol–water partition coefficient (Wildman–Crippen LogP) is 4.02. The second-order valence-corrected chi connectivity index (χ2v) is 5.90. The van der Waals surface area contributed by atoms with Crippen LogP contribution in [0.4, 0.5) is 5.69 Å². The van der Waals surface area contributed by atoms with E-state index in [1.165, 1.54) is 19.3 Å². The fraction of sp³-hybridized carbons (Fsp3) is 0.111. The number of amides is 1. The van der Waals surface area contributed by atoms with Gasteiger partial charge in [-0.3, -0.25) is 4.79 Å². The molecule has 122 valence electrons. The summed E-state index contributed by atoms with van der Waals surface area (Å²) in [7, 11) is 1.42. The lowest BCUT2D eigenvalue weighted by atomic mass is 10.1. The number of halogens is 1. The van der Waals surface area contributed by atoms with Crippen LogP contribution in [0.15, 0.2) is 46.4 Å². The monoisotopic (exact) mass is 386 g/mol. The van der Waals surface area contributed by atoms with Crippen LogP contribution >= 0.6 is 15.9 Å². The molecule has 0 aromatic heterocycles. The van der Waals surface area contributed by atoms with Gasteiger partial charge >= 0.3 is 0 Å². The van der Waals surface area contributed by atoms with Crippen LogP contribution in [0.5, 0.6) is 11.5 Å². The van der Waals surface area contributed by atoms with Gasteiger partial charge in [0.2, 0.25) is 0 Å². The smallest absolute Gasteiger partial charge is 0.266 e. The minimum atomic E-state index is -0.510. The van der Waals surface area contributed by atoms with E-state index in [9.17, 15) is 15.2 Å². The van der Waals surface area contributed by atoms with Crippen molar-refractivity contribution in [3.05, 3.63) is 57.6 Å². The van der Waals surface area contributed by atoms with E-state index in [-0.39, 0.29) is 17.1 Å². The normalized spacial score (nSPS) is 10.8. The van der Waals surface area contributed by atoms with E-state index in [4.69, 9.17) is 4.74 Å². The van der Waals surface area contributed by atoms with Gasteiger partial charge in [-0.2, -0.15) is 5.26 Å². The van der Waals surface area contributed by atoms with Crippen molar-refractivity contribution in [3.63, 3.8) is 0 Å². The van der Waals surface area contributed by atoms with Gasteiger partial charge in [0.05, 0.1) is 11.6 Å². The second-order valence-electron chi connectivity index (χ2n) is 5.04. The van der Waals surface area contributed by atoms with Crippen molar-refractivity contribution in [2.45, 2.75) is 6.92 Å². The minimum Gasteiger partial charge on any atom is -0.503 e. The average molecular weight is 387 g/mol. The Bertz CT molecular complexity index is 837. The van der Waals surface area contributed by atoms with Crippen molar-refractivity contribution >= 4 is 33.6 Å². The Morgan fingerprint density at radius 2 is 2.00 bits per heavy atom. The first kappa shape index (κ1) is 17.6. The number of aromatic hydroxyl groups is 1. The van der Waals surface area contributed by atoms with E-state index in [0.717, 1.165) is 5.56 Å². The van der Waals surface area contributed by atoms with Gasteiger partial charge in [-0.25, -0.2) is 0 Å². The van der Waals surface area contributed by atoms with Crippen LogP contribution in [0.25, 0.3) is 6.08 Å². The number of ether oxygens (including phenoxy) is 1. The van der Waals surface area contributed by atoms with Crippen molar-refractivity contribution in [2.75, 3.05) is 12.4 Å². The highest BCUT2D eigenvalue weighted by atomic mass is 79.9. The number of rotatable bonds is 4. The molecule has 0 spiro atoms. The molecule has 2 aromatic carbocycles. The molecule has 0 aliphatic heterocycles. The maximum absolute atomic E-state index is 12.2. The summed E-state index contributed by atoms with van der Waals surface area (Å²) in [6, 6.07) is 12.3. The third kappa shape index (κ3) is 4.15. The van der Waals surface area contributed by atoms with Gasteiger partial charge in [0.25, 0.3) is 5.91 Å². The predicted molar refractivity (Wildman–Crippen MR) is 95.8 cm³/mol. The number of nitrogens with zero attached hydrogens (tertiary/aromatic N) is 1. The number of hydrogen-bond acceptors (Lipinski definition) is 4. The molecular formula is C18H15BrN2O3. The van der Waals surface area contributed by atoms with Crippen molar-refractivity contribution in [1.29, 1.82) is 5.26 Å². The molecule has 0 bridgehead atoms. The number of anilines is 1. The number of phenolic OH excluding ortho intramolecular Hbond substituents is 1. The summed E-state index contributed by atoms with van der Waals surface area (Å²) in [6.45, 7) is 1.95. The van der Waals surface area contributed by atoms with Crippen LogP contribution in [0.1, 0.15) is 11.1 Å². The van der Waals surface area contributed by atoms with E-state index in [0.29, 0.717) is 15.7 Å². The Morgan fingerprint density at radius 3 is 2.58 bits per heavy atom. The van der Waals surface area contributed by atoms with Crippen molar-refractivity contribution in [1.82, 2.24) is 0 Å². The zero-order chi connectivity index (χ0) is 17.7. The third-order valence-electron chi connectivity index (χ3n) is 3.26. The molecule has 24 heavy (non-hydrogen) atoms. The maximum atomic E-state index is 12.2. The van der Waals surface area contributed by atoms with Crippen molar-refractivity contribution < 1.29 is 14.6 Å². The molecule has 0 saturated carbocycles. The molecule has 0 aliphatic rings.